The smallest absolute Gasteiger partial charge is 0.321 e. The van der Waals surface area contributed by atoms with Crippen LogP contribution in [0.3, 0.4) is 0 Å². The predicted octanol–water partition coefficient (Wildman–Crippen LogP) is 5.17. The van der Waals surface area contributed by atoms with Crippen LogP contribution in [0.15, 0.2) is 59.5 Å². The molecule has 0 fully saturated rings. The molecule has 0 aromatic heterocycles. The number of hydrogen-bond acceptors (Lipinski definition) is 6. The van der Waals surface area contributed by atoms with E-state index in [1.165, 1.54) is 49.1 Å². The molecular weight excluding hydrogens is 592 g/mol. The molecule has 0 saturated heterocycles. The van der Waals surface area contributed by atoms with Gasteiger partial charge in [0, 0.05) is 45.9 Å². The molecule has 200 valence electrons. The lowest BCUT2D eigenvalue weighted by Crippen LogP contribution is -2.38. The fourth-order valence-electron chi connectivity index (χ4n) is 3.45. The third kappa shape index (κ3) is 7.77. The van der Waals surface area contributed by atoms with Crippen molar-refractivity contribution >= 4 is 63.1 Å². The fourth-order valence-corrected chi connectivity index (χ4v) is 6.23. The molecular formula is C26H23Cl3NO6PS. The summed E-state index contributed by atoms with van der Waals surface area (Å²) in [4.78, 5) is 12.0. The van der Waals surface area contributed by atoms with Crippen molar-refractivity contribution in [1.82, 2.24) is 5.32 Å². The lowest BCUT2D eigenvalue weighted by atomic mass is 10.1. The summed E-state index contributed by atoms with van der Waals surface area (Å²) in [6.45, 7) is 1.49. The number of phenols is 1. The zero-order chi connectivity index (χ0) is 28.3. The Hall–Kier alpha value is -2.50. The van der Waals surface area contributed by atoms with Gasteiger partial charge in [-0.3, -0.25) is 10.1 Å². The number of sulfone groups is 1. The van der Waals surface area contributed by atoms with Crippen LogP contribution in [-0.2, 0) is 32.2 Å². The van der Waals surface area contributed by atoms with Crippen molar-refractivity contribution < 1.29 is 28.0 Å². The second kappa shape index (κ2) is 12.1. The van der Waals surface area contributed by atoms with Crippen molar-refractivity contribution in [3.63, 3.8) is 0 Å². The lowest BCUT2D eigenvalue weighted by Gasteiger charge is -2.16. The number of phenolic OH excluding ortho intramolecular Hbond substituents is 1. The minimum Gasteiger partial charge on any atom is -0.506 e. The van der Waals surface area contributed by atoms with Crippen molar-refractivity contribution in [1.29, 1.82) is 0 Å². The number of hydrogen-bond donors (Lipinski definition) is 3. The van der Waals surface area contributed by atoms with Crippen molar-refractivity contribution in [3.8, 4) is 17.3 Å². The van der Waals surface area contributed by atoms with Crippen LogP contribution in [0.5, 0.6) is 5.75 Å². The predicted molar refractivity (Wildman–Crippen MR) is 151 cm³/mol. The molecule has 2 unspecified atom stereocenters. The molecule has 3 rings (SSSR count). The van der Waals surface area contributed by atoms with E-state index in [0.29, 0.717) is 22.0 Å². The average molecular weight is 615 g/mol. The first-order valence-corrected chi connectivity index (χ1v) is 16.2. The first-order valence-electron chi connectivity index (χ1n) is 11.0. The zero-order valence-electron chi connectivity index (χ0n) is 20.2. The molecule has 0 heterocycles. The van der Waals surface area contributed by atoms with E-state index in [-0.39, 0.29) is 38.7 Å². The summed E-state index contributed by atoms with van der Waals surface area (Å²) in [6, 6.07) is 12.4. The molecule has 3 N–H and O–H groups in total. The van der Waals surface area contributed by atoms with Crippen LogP contribution in [0.4, 0.5) is 0 Å². The summed E-state index contributed by atoms with van der Waals surface area (Å²) in [5.41, 5.74) is 4.12. The molecule has 0 aliphatic rings. The average Bonchev–Trinajstić information content (AvgIpc) is 2.82. The van der Waals surface area contributed by atoms with Gasteiger partial charge in [-0.15, -0.1) is 0 Å². The summed E-state index contributed by atoms with van der Waals surface area (Å²) >= 11 is 18.7. The SMILES string of the molecule is CP(=O)(C#Cc1cc(Cl)c(CNC(Cc2cccc(S(C)(=O)=O)c2)C(=O)O)c(Cl)c1)c1ccc(O)c(Cl)c1. The van der Waals surface area contributed by atoms with Crippen molar-refractivity contribution in [2.24, 2.45) is 0 Å². The number of rotatable bonds is 8. The van der Waals surface area contributed by atoms with Gasteiger partial charge >= 0.3 is 5.97 Å². The molecule has 12 heteroatoms. The third-order valence-electron chi connectivity index (χ3n) is 5.57. The molecule has 0 aliphatic carbocycles. The van der Waals surface area contributed by atoms with Crippen LogP contribution in [0.1, 0.15) is 16.7 Å². The van der Waals surface area contributed by atoms with Gasteiger partial charge in [0.1, 0.15) is 11.8 Å². The van der Waals surface area contributed by atoms with Crippen LogP contribution in [0.2, 0.25) is 15.1 Å². The maximum atomic E-state index is 13.1. The number of carboxylic acids is 1. The maximum absolute atomic E-state index is 13.1. The van der Waals surface area contributed by atoms with Gasteiger partial charge in [0.25, 0.3) is 0 Å². The van der Waals surface area contributed by atoms with E-state index >= 15 is 0 Å². The van der Waals surface area contributed by atoms with Gasteiger partial charge in [-0.2, -0.15) is 0 Å². The number of carboxylic acid groups (broad SMARTS) is 1. The number of aromatic hydroxyl groups is 1. The topological polar surface area (TPSA) is 121 Å². The molecule has 3 aromatic rings. The minimum absolute atomic E-state index is 0.0202. The van der Waals surface area contributed by atoms with E-state index in [4.69, 9.17) is 34.8 Å². The van der Waals surface area contributed by atoms with Crippen molar-refractivity contribution in [2.75, 3.05) is 12.9 Å². The van der Waals surface area contributed by atoms with Crippen LogP contribution < -0.4 is 10.6 Å². The number of carbonyl (C=O) groups is 1. The molecule has 0 amide bonds. The Morgan fingerprint density at radius 2 is 1.71 bits per heavy atom. The highest BCUT2D eigenvalue weighted by atomic mass is 35.5. The summed E-state index contributed by atoms with van der Waals surface area (Å²) in [7, 11) is -6.57. The van der Waals surface area contributed by atoms with Gasteiger partial charge in [0.15, 0.2) is 17.0 Å². The van der Waals surface area contributed by atoms with E-state index < -0.39 is 29.0 Å². The highest BCUT2D eigenvalue weighted by molar-refractivity contribution is 7.90. The number of aliphatic carboxylic acids is 1. The largest absolute Gasteiger partial charge is 0.506 e. The standard InChI is InChI=1S/C26H23Cl3NO6PS/c1-37(34,18-6-7-25(31)23(29)14-18)9-8-17-11-21(27)20(22(28)12-17)15-30-24(26(32)33)13-16-4-3-5-19(10-16)38(2,35)36/h3-7,10-12,14,24,30-31H,13,15H2,1-2H3,(H,32,33). The molecule has 0 spiro atoms. The van der Waals surface area contributed by atoms with Crippen LogP contribution in [0.25, 0.3) is 0 Å². The van der Waals surface area contributed by atoms with Gasteiger partial charge in [0.05, 0.1) is 9.92 Å². The first kappa shape index (κ1) is 30.0. The highest BCUT2D eigenvalue weighted by Gasteiger charge is 2.20. The normalized spacial score (nSPS) is 13.7. The Kier molecular flexibility index (Phi) is 9.59. The van der Waals surface area contributed by atoms with Crippen molar-refractivity contribution in [2.45, 2.75) is 23.9 Å². The van der Waals surface area contributed by atoms with E-state index in [1.54, 1.807) is 12.1 Å². The Balaban J connectivity index is 1.78. The van der Waals surface area contributed by atoms with Crippen LogP contribution in [0, 0.1) is 11.6 Å². The Bertz CT molecular complexity index is 1590. The molecule has 0 saturated carbocycles. The quantitative estimate of drug-likeness (QED) is 0.237. The van der Waals surface area contributed by atoms with Crippen LogP contribution >= 0.6 is 41.9 Å². The monoisotopic (exact) mass is 613 g/mol. The zero-order valence-corrected chi connectivity index (χ0v) is 24.2. The second-order valence-electron chi connectivity index (χ2n) is 8.61. The number of halogens is 3. The third-order valence-corrected chi connectivity index (χ3v) is 9.46. The lowest BCUT2D eigenvalue weighted by molar-refractivity contribution is -0.139. The second-order valence-corrected chi connectivity index (χ2v) is 14.4. The summed E-state index contributed by atoms with van der Waals surface area (Å²) < 4.78 is 36.7. The summed E-state index contributed by atoms with van der Waals surface area (Å²) in [5, 5.41) is 23.1. The Labute approximate surface area is 236 Å². The number of nitrogens with one attached hydrogen (secondary N) is 1. The minimum atomic E-state index is -3.43. The Morgan fingerprint density at radius 3 is 2.29 bits per heavy atom. The molecule has 0 bridgehead atoms. The first-order chi connectivity index (χ1) is 17.7. The molecule has 38 heavy (non-hydrogen) atoms. The molecule has 7 nitrogen and oxygen atoms in total. The Morgan fingerprint density at radius 1 is 1.05 bits per heavy atom. The van der Waals surface area contributed by atoms with Crippen molar-refractivity contribution in [3.05, 3.63) is 86.4 Å². The van der Waals surface area contributed by atoms with E-state index in [1.807, 2.05) is 0 Å². The van der Waals surface area contributed by atoms with Gasteiger partial charge in [0.2, 0.25) is 0 Å². The fraction of sp³-hybridized carbons (Fsp3) is 0.192. The highest BCUT2D eigenvalue weighted by Crippen LogP contribution is 2.40. The van der Waals surface area contributed by atoms with E-state index in [2.05, 4.69) is 16.9 Å². The molecule has 0 radical (unpaired) electrons. The van der Waals surface area contributed by atoms with E-state index in [0.717, 1.165) is 6.26 Å². The summed E-state index contributed by atoms with van der Waals surface area (Å²) in [5.74, 6) is 1.55. The molecule has 0 aliphatic heterocycles. The molecule has 3 aromatic carbocycles. The van der Waals surface area contributed by atoms with E-state index in [9.17, 15) is 28.0 Å². The van der Waals surface area contributed by atoms with Gasteiger partial charge in [-0.1, -0.05) is 52.9 Å². The summed E-state index contributed by atoms with van der Waals surface area (Å²) in [6.07, 6.45) is 1.11. The van der Waals surface area contributed by atoms with Gasteiger partial charge < -0.3 is 14.8 Å². The van der Waals surface area contributed by atoms with Gasteiger partial charge in [-0.05, 0) is 60.1 Å². The molecule has 2 atom stereocenters. The van der Waals surface area contributed by atoms with Crippen LogP contribution in [-0.4, -0.2) is 43.6 Å². The maximum Gasteiger partial charge on any atom is 0.321 e. The number of benzene rings is 3. The van der Waals surface area contributed by atoms with Gasteiger partial charge in [-0.25, -0.2) is 8.42 Å².